The molecule has 3 aromatic carbocycles. The highest BCUT2D eigenvalue weighted by molar-refractivity contribution is 6.07. The Kier molecular flexibility index (Phi) is 4.45. The molecule has 1 heterocycles. The van der Waals surface area contributed by atoms with Crippen molar-refractivity contribution < 1.29 is 14.7 Å². The van der Waals surface area contributed by atoms with Crippen LogP contribution in [0, 0.1) is 0 Å². The smallest absolute Gasteiger partial charge is 0.337 e. The Morgan fingerprint density at radius 2 is 1.79 bits per heavy atom. The van der Waals surface area contributed by atoms with Crippen molar-refractivity contribution in [3.05, 3.63) is 83.4 Å². The van der Waals surface area contributed by atoms with E-state index in [0.717, 1.165) is 23.4 Å². The Hall–Kier alpha value is -3.80. The van der Waals surface area contributed by atoms with Crippen LogP contribution in [0.4, 0.5) is 22.7 Å². The summed E-state index contributed by atoms with van der Waals surface area (Å²) in [5.74, 6) is -1.07. The largest absolute Gasteiger partial charge is 0.478 e. The molecule has 0 saturated carbocycles. The number of aromatic carboxylic acids is 1. The van der Waals surface area contributed by atoms with E-state index in [4.69, 9.17) is 5.73 Å². The van der Waals surface area contributed by atoms with E-state index in [2.05, 4.69) is 5.32 Å². The van der Waals surface area contributed by atoms with Crippen molar-refractivity contribution in [1.29, 1.82) is 0 Å². The highest BCUT2D eigenvalue weighted by Crippen LogP contribution is 2.33. The number of nitrogen functional groups attached to an aromatic ring is 1. The standard InChI is InChI=1S/C22H19N3O3/c23-16-6-8-19(18(13-16)22(27)28)24-17-7-9-20-15(12-17)10-11-25(20)21(26)14-4-2-1-3-5-14/h1-9,12-13,24H,10-11,23H2,(H,27,28). The molecular weight excluding hydrogens is 354 g/mol. The summed E-state index contributed by atoms with van der Waals surface area (Å²) in [6.07, 6.45) is 0.747. The number of nitrogens with zero attached hydrogens (tertiary/aromatic N) is 1. The van der Waals surface area contributed by atoms with Crippen molar-refractivity contribution >= 4 is 34.6 Å². The fraction of sp³-hybridized carbons (Fsp3) is 0.0909. The Labute approximate surface area is 162 Å². The maximum Gasteiger partial charge on any atom is 0.337 e. The summed E-state index contributed by atoms with van der Waals surface area (Å²) in [5.41, 5.74) is 10.0. The molecular formula is C22H19N3O3. The first-order valence-corrected chi connectivity index (χ1v) is 8.92. The van der Waals surface area contributed by atoms with Gasteiger partial charge in [-0.15, -0.1) is 0 Å². The molecule has 4 N–H and O–H groups in total. The molecule has 0 aromatic heterocycles. The summed E-state index contributed by atoms with van der Waals surface area (Å²) in [5, 5.41) is 12.5. The molecule has 4 rings (SSSR count). The van der Waals surface area contributed by atoms with Gasteiger partial charge in [0.25, 0.3) is 5.91 Å². The van der Waals surface area contributed by atoms with Crippen molar-refractivity contribution in [2.45, 2.75) is 6.42 Å². The minimum absolute atomic E-state index is 0.0215. The van der Waals surface area contributed by atoms with Gasteiger partial charge in [-0.2, -0.15) is 0 Å². The topological polar surface area (TPSA) is 95.7 Å². The number of anilines is 4. The number of nitrogens with two attached hydrogens (primary N) is 1. The molecule has 0 radical (unpaired) electrons. The molecule has 1 aliphatic heterocycles. The van der Waals surface area contributed by atoms with Crippen LogP contribution in [-0.4, -0.2) is 23.5 Å². The zero-order chi connectivity index (χ0) is 19.7. The molecule has 0 spiro atoms. The maximum atomic E-state index is 12.8. The minimum Gasteiger partial charge on any atom is -0.478 e. The summed E-state index contributed by atoms with van der Waals surface area (Å²) >= 11 is 0. The molecule has 0 fully saturated rings. The maximum absolute atomic E-state index is 12.8. The second kappa shape index (κ2) is 7.08. The number of nitrogens with one attached hydrogen (secondary N) is 1. The Bertz CT molecular complexity index is 1060. The van der Waals surface area contributed by atoms with Crippen LogP contribution in [-0.2, 0) is 6.42 Å². The number of hydrogen-bond donors (Lipinski definition) is 3. The number of hydrogen-bond acceptors (Lipinski definition) is 4. The predicted octanol–water partition coefficient (Wildman–Crippen LogP) is 3.91. The van der Waals surface area contributed by atoms with Crippen molar-refractivity contribution in [3.63, 3.8) is 0 Å². The van der Waals surface area contributed by atoms with Gasteiger partial charge in [0, 0.05) is 29.2 Å². The van der Waals surface area contributed by atoms with E-state index in [1.165, 1.54) is 6.07 Å². The van der Waals surface area contributed by atoms with E-state index < -0.39 is 5.97 Å². The van der Waals surface area contributed by atoms with Crippen LogP contribution < -0.4 is 16.0 Å². The molecule has 0 unspecified atom stereocenters. The second-order valence-electron chi connectivity index (χ2n) is 6.65. The lowest BCUT2D eigenvalue weighted by atomic mass is 10.1. The van der Waals surface area contributed by atoms with E-state index in [1.54, 1.807) is 17.0 Å². The zero-order valence-corrected chi connectivity index (χ0v) is 15.1. The van der Waals surface area contributed by atoms with Crippen LogP contribution in [0.3, 0.4) is 0 Å². The van der Waals surface area contributed by atoms with Crippen molar-refractivity contribution in [3.8, 4) is 0 Å². The molecule has 3 aromatic rings. The molecule has 0 atom stereocenters. The van der Waals surface area contributed by atoms with E-state index in [0.29, 0.717) is 23.5 Å². The third kappa shape index (κ3) is 3.27. The van der Waals surface area contributed by atoms with Gasteiger partial charge >= 0.3 is 5.97 Å². The fourth-order valence-corrected chi connectivity index (χ4v) is 3.43. The third-order valence-electron chi connectivity index (χ3n) is 4.79. The van der Waals surface area contributed by atoms with Crippen LogP contribution in [0.1, 0.15) is 26.3 Å². The van der Waals surface area contributed by atoms with Crippen molar-refractivity contribution in [2.24, 2.45) is 0 Å². The van der Waals surface area contributed by atoms with Gasteiger partial charge in [0.1, 0.15) is 0 Å². The first kappa shape index (κ1) is 17.6. The summed E-state index contributed by atoms with van der Waals surface area (Å²) < 4.78 is 0. The van der Waals surface area contributed by atoms with Crippen LogP contribution in [0.2, 0.25) is 0 Å². The highest BCUT2D eigenvalue weighted by atomic mass is 16.4. The predicted molar refractivity (Wildman–Crippen MR) is 109 cm³/mol. The zero-order valence-electron chi connectivity index (χ0n) is 15.1. The summed E-state index contributed by atoms with van der Waals surface area (Å²) in [6.45, 7) is 0.620. The van der Waals surface area contributed by atoms with Gasteiger partial charge in [0.15, 0.2) is 0 Å². The number of rotatable bonds is 4. The van der Waals surface area contributed by atoms with E-state index in [1.807, 2.05) is 48.5 Å². The summed E-state index contributed by atoms with van der Waals surface area (Å²) in [7, 11) is 0. The molecule has 6 heteroatoms. The Morgan fingerprint density at radius 3 is 2.54 bits per heavy atom. The van der Waals surface area contributed by atoms with Crippen LogP contribution in [0.25, 0.3) is 0 Å². The number of fused-ring (bicyclic) bond motifs is 1. The first-order chi connectivity index (χ1) is 13.5. The van der Waals surface area contributed by atoms with Crippen molar-refractivity contribution in [2.75, 3.05) is 22.5 Å². The molecule has 0 bridgehead atoms. The number of carboxylic acids is 1. The number of carbonyl (C=O) groups excluding carboxylic acids is 1. The minimum atomic E-state index is -1.05. The second-order valence-corrected chi connectivity index (χ2v) is 6.65. The van der Waals surface area contributed by atoms with Crippen molar-refractivity contribution in [1.82, 2.24) is 0 Å². The van der Waals surface area contributed by atoms with Gasteiger partial charge in [-0.05, 0) is 60.5 Å². The lowest BCUT2D eigenvalue weighted by Gasteiger charge is -2.18. The molecule has 140 valence electrons. The monoisotopic (exact) mass is 373 g/mol. The average Bonchev–Trinajstić information content (AvgIpc) is 3.12. The molecule has 0 saturated heterocycles. The van der Waals surface area contributed by atoms with E-state index in [9.17, 15) is 14.7 Å². The lowest BCUT2D eigenvalue weighted by Crippen LogP contribution is -2.28. The number of carboxylic acid groups (broad SMARTS) is 1. The third-order valence-corrected chi connectivity index (χ3v) is 4.79. The van der Waals surface area contributed by atoms with Crippen LogP contribution in [0.5, 0.6) is 0 Å². The average molecular weight is 373 g/mol. The lowest BCUT2D eigenvalue weighted by molar-refractivity contribution is 0.0697. The first-order valence-electron chi connectivity index (χ1n) is 8.92. The van der Waals surface area contributed by atoms with Crippen LogP contribution in [0.15, 0.2) is 66.7 Å². The quantitative estimate of drug-likeness (QED) is 0.603. The highest BCUT2D eigenvalue weighted by Gasteiger charge is 2.25. The van der Waals surface area contributed by atoms with Gasteiger partial charge in [-0.25, -0.2) is 4.79 Å². The normalized spacial score (nSPS) is 12.5. The van der Waals surface area contributed by atoms with Gasteiger partial charge in [-0.3, -0.25) is 4.79 Å². The van der Waals surface area contributed by atoms with Gasteiger partial charge in [0.05, 0.1) is 11.3 Å². The molecule has 1 aliphatic rings. The molecule has 28 heavy (non-hydrogen) atoms. The summed E-state index contributed by atoms with van der Waals surface area (Å²) in [4.78, 5) is 26.0. The van der Waals surface area contributed by atoms with Crippen LogP contribution >= 0.6 is 0 Å². The molecule has 1 amide bonds. The summed E-state index contributed by atoms with van der Waals surface area (Å²) in [6, 6.07) is 19.6. The Morgan fingerprint density at radius 1 is 1.00 bits per heavy atom. The van der Waals surface area contributed by atoms with Gasteiger partial charge < -0.3 is 21.1 Å². The number of carbonyl (C=O) groups is 2. The molecule has 6 nitrogen and oxygen atoms in total. The van der Waals surface area contributed by atoms with Gasteiger partial charge in [-0.1, -0.05) is 18.2 Å². The van der Waals surface area contributed by atoms with E-state index in [-0.39, 0.29) is 11.5 Å². The number of benzene rings is 3. The fourth-order valence-electron chi connectivity index (χ4n) is 3.43. The van der Waals surface area contributed by atoms with Gasteiger partial charge in [0.2, 0.25) is 0 Å². The Balaban J connectivity index is 1.60. The SMILES string of the molecule is Nc1ccc(Nc2ccc3c(c2)CCN3C(=O)c2ccccc2)c(C(=O)O)c1. The van der Waals surface area contributed by atoms with E-state index >= 15 is 0 Å². The molecule has 0 aliphatic carbocycles. The number of amides is 1.